The van der Waals surface area contributed by atoms with Crippen LogP contribution in [0.3, 0.4) is 0 Å². The number of nitrogens with zero attached hydrogens (tertiary/aromatic N) is 1. The van der Waals surface area contributed by atoms with Crippen molar-refractivity contribution in [2.75, 3.05) is 13.2 Å². The summed E-state index contributed by atoms with van der Waals surface area (Å²) in [6.07, 6.45) is 0. The first kappa shape index (κ1) is 9.43. The third kappa shape index (κ3) is 1.86. The number of aryl methyl sites for hydroxylation is 1. The molecular weight excluding hydrogens is 198 g/mol. The van der Waals surface area contributed by atoms with Gasteiger partial charge in [0.2, 0.25) is 0 Å². The zero-order valence-electron chi connectivity index (χ0n) is 7.86. The van der Waals surface area contributed by atoms with Crippen molar-refractivity contribution in [3.8, 4) is 5.75 Å². The van der Waals surface area contributed by atoms with Crippen molar-refractivity contribution in [1.82, 2.24) is 4.98 Å². The number of thiazole rings is 1. The Labute approximate surface area is 86.0 Å². The lowest BCUT2D eigenvalue weighted by atomic mass is 10.3. The van der Waals surface area contributed by atoms with Gasteiger partial charge in [-0.05, 0) is 19.1 Å². The van der Waals surface area contributed by atoms with Crippen LogP contribution in [-0.4, -0.2) is 23.3 Å². The Morgan fingerprint density at radius 3 is 3.14 bits per heavy atom. The van der Waals surface area contributed by atoms with Gasteiger partial charge in [0.05, 0.1) is 21.8 Å². The fourth-order valence-corrected chi connectivity index (χ4v) is 2.08. The number of rotatable bonds is 3. The highest BCUT2D eigenvalue weighted by Crippen LogP contribution is 2.25. The molecule has 1 N–H and O–H groups in total. The summed E-state index contributed by atoms with van der Waals surface area (Å²) in [6, 6.07) is 5.79. The predicted octanol–water partition coefficient (Wildman–Crippen LogP) is 1.98. The molecule has 0 saturated carbocycles. The third-order valence-corrected chi connectivity index (χ3v) is 2.78. The van der Waals surface area contributed by atoms with E-state index in [1.54, 1.807) is 11.3 Å². The van der Waals surface area contributed by atoms with Crippen LogP contribution in [0.15, 0.2) is 18.2 Å². The van der Waals surface area contributed by atoms with Gasteiger partial charge in [-0.3, -0.25) is 0 Å². The number of fused-ring (bicyclic) bond motifs is 1. The Morgan fingerprint density at radius 2 is 2.36 bits per heavy atom. The maximum atomic E-state index is 8.61. The third-order valence-electron chi connectivity index (χ3n) is 1.83. The molecule has 1 heterocycles. The highest BCUT2D eigenvalue weighted by Gasteiger charge is 2.01. The Bertz CT molecular complexity index is 439. The van der Waals surface area contributed by atoms with Crippen molar-refractivity contribution >= 4 is 21.6 Å². The smallest absolute Gasteiger partial charge is 0.121 e. The second-order valence-corrected chi connectivity index (χ2v) is 4.17. The van der Waals surface area contributed by atoms with Crippen LogP contribution in [-0.2, 0) is 0 Å². The monoisotopic (exact) mass is 209 g/mol. The van der Waals surface area contributed by atoms with Crippen LogP contribution in [0.25, 0.3) is 10.2 Å². The Kier molecular flexibility index (Phi) is 2.65. The highest BCUT2D eigenvalue weighted by atomic mass is 32.1. The fraction of sp³-hybridized carbons (Fsp3) is 0.300. The van der Waals surface area contributed by atoms with Crippen molar-refractivity contribution in [3.63, 3.8) is 0 Å². The van der Waals surface area contributed by atoms with E-state index in [-0.39, 0.29) is 6.61 Å². The molecule has 0 aliphatic rings. The van der Waals surface area contributed by atoms with Gasteiger partial charge in [0, 0.05) is 6.07 Å². The van der Waals surface area contributed by atoms with E-state index in [1.165, 1.54) is 4.70 Å². The molecule has 0 aliphatic heterocycles. The summed E-state index contributed by atoms with van der Waals surface area (Å²) in [6.45, 7) is 2.35. The van der Waals surface area contributed by atoms with Crippen LogP contribution < -0.4 is 4.74 Å². The van der Waals surface area contributed by atoms with Gasteiger partial charge in [0.15, 0.2) is 0 Å². The maximum Gasteiger partial charge on any atom is 0.121 e. The molecule has 0 atom stereocenters. The molecule has 1 aromatic carbocycles. The van der Waals surface area contributed by atoms with Gasteiger partial charge < -0.3 is 9.84 Å². The van der Waals surface area contributed by atoms with Crippen LogP contribution >= 0.6 is 11.3 Å². The molecule has 0 spiro atoms. The molecular formula is C10H11NO2S. The molecule has 0 aliphatic carbocycles. The number of benzene rings is 1. The molecule has 4 heteroatoms. The molecule has 1 aromatic heterocycles. The summed E-state index contributed by atoms with van der Waals surface area (Å²) in [5.74, 6) is 0.761. The van der Waals surface area contributed by atoms with Crippen LogP contribution in [0, 0.1) is 6.92 Å². The summed E-state index contributed by atoms with van der Waals surface area (Å²) in [5, 5.41) is 9.66. The summed E-state index contributed by atoms with van der Waals surface area (Å²) in [5.41, 5.74) is 0.961. The summed E-state index contributed by atoms with van der Waals surface area (Å²) in [4.78, 5) is 4.36. The van der Waals surface area contributed by atoms with Crippen LogP contribution in [0.1, 0.15) is 5.01 Å². The van der Waals surface area contributed by atoms with Gasteiger partial charge >= 0.3 is 0 Å². The van der Waals surface area contributed by atoms with E-state index >= 15 is 0 Å². The fourth-order valence-electron chi connectivity index (χ4n) is 1.28. The van der Waals surface area contributed by atoms with Gasteiger partial charge in [-0.1, -0.05) is 0 Å². The van der Waals surface area contributed by atoms with Crippen LogP contribution in [0.4, 0.5) is 0 Å². The molecule has 14 heavy (non-hydrogen) atoms. The molecule has 2 aromatic rings. The van der Waals surface area contributed by atoms with E-state index in [9.17, 15) is 0 Å². The number of hydrogen-bond acceptors (Lipinski definition) is 4. The summed E-state index contributed by atoms with van der Waals surface area (Å²) >= 11 is 1.67. The number of aliphatic hydroxyl groups excluding tert-OH is 1. The molecule has 0 saturated heterocycles. The predicted molar refractivity (Wildman–Crippen MR) is 56.9 cm³/mol. The zero-order chi connectivity index (χ0) is 9.97. The molecule has 3 nitrogen and oxygen atoms in total. The van der Waals surface area contributed by atoms with E-state index in [0.29, 0.717) is 6.61 Å². The normalized spacial score (nSPS) is 10.7. The van der Waals surface area contributed by atoms with Crippen LogP contribution in [0.2, 0.25) is 0 Å². The molecule has 0 fully saturated rings. The summed E-state index contributed by atoms with van der Waals surface area (Å²) in [7, 11) is 0. The Balaban J connectivity index is 2.31. The zero-order valence-corrected chi connectivity index (χ0v) is 8.67. The number of ether oxygens (including phenoxy) is 1. The van der Waals surface area contributed by atoms with Crippen molar-refractivity contribution in [2.45, 2.75) is 6.92 Å². The standard InChI is InChI=1S/C10H11NO2S/c1-7-11-9-6-8(13-5-4-12)2-3-10(9)14-7/h2-3,6,12H,4-5H2,1H3. The first-order chi connectivity index (χ1) is 6.79. The second-order valence-electron chi connectivity index (χ2n) is 2.93. The van der Waals surface area contributed by atoms with Crippen LogP contribution in [0.5, 0.6) is 5.75 Å². The first-order valence-corrected chi connectivity index (χ1v) is 5.22. The maximum absolute atomic E-state index is 8.61. The topological polar surface area (TPSA) is 42.4 Å². The SMILES string of the molecule is Cc1nc2cc(OCCO)ccc2s1. The van der Waals surface area contributed by atoms with E-state index in [2.05, 4.69) is 4.98 Å². The Hall–Kier alpha value is -1.13. The average molecular weight is 209 g/mol. The van der Waals surface area contributed by atoms with Gasteiger partial charge in [0.1, 0.15) is 12.4 Å². The average Bonchev–Trinajstić information content (AvgIpc) is 2.54. The first-order valence-electron chi connectivity index (χ1n) is 4.40. The van der Waals surface area contributed by atoms with Crippen molar-refractivity contribution in [1.29, 1.82) is 0 Å². The Morgan fingerprint density at radius 1 is 1.50 bits per heavy atom. The van der Waals surface area contributed by atoms with E-state index in [1.807, 2.05) is 25.1 Å². The van der Waals surface area contributed by atoms with E-state index in [4.69, 9.17) is 9.84 Å². The van der Waals surface area contributed by atoms with Gasteiger partial charge in [0.25, 0.3) is 0 Å². The largest absolute Gasteiger partial charge is 0.491 e. The molecule has 0 radical (unpaired) electrons. The minimum atomic E-state index is 0.0358. The van der Waals surface area contributed by atoms with Crippen molar-refractivity contribution < 1.29 is 9.84 Å². The number of aliphatic hydroxyl groups is 1. The number of hydrogen-bond donors (Lipinski definition) is 1. The summed E-state index contributed by atoms with van der Waals surface area (Å²) < 4.78 is 6.45. The van der Waals surface area contributed by atoms with E-state index in [0.717, 1.165) is 16.3 Å². The van der Waals surface area contributed by atoms with Gasteiger partial charge in [-0.2, -0.15) is 0 Å². The van der Waals surface area contributed by atoms with Gasteiger partial charge in [-0.25, -0.2) is 4.98 Å². The number of aromatic nitrogens is 1. The molecule has 74 valence electrons. The lowest BCUT2D eigenvalue weighted by Gasteiger charge is -2.02. The minimum absolute atomic E-state index is 0.0358. The quantitative estimate of drug-likeness (QED) is 0.840. The molecule has 2 rings (SSSR count). The van der Waals surface area contributed by atoms with Gasteiger partial charge in [-0.15, -0.1) is 11.3 Å². The van der Waals surface area contributed by atoms with Crippen molar-refractivity contribution in [3.05, 3.63) is 23.2 Å². The molecule has 0 unspecified atom stereocenters. The lowest BCUT2D eigenvalue weighted by Crippen LogP contribution is -2.01. The lowest BCUT2D eigenvalue weighted by molar-refractivity contribution is 0.201. The minimum Gasteiger partial charge on any atom is -0.491 e. The van der Waals surface area contributed by atoms with E-state index < -0.39 is 0 Å². The molecule has 0 bridgehead atoms. The highest BCUT2D eigenvalue weighted by molar-refractivity contribution is 7.18. The molecule has 0 amide bonds. The van der Waals surface area contributed by atoms with Crippen molar-refractivity contribution in [2.24, 2.45) is 0 Å². The second kappa shape index (κ2) is 3.94.